The Morgan fingerprint density at radius 3 is 2.80 bits per heavy atom. The van der Waals surface area contributed by atoms with E-state index in [1.807, 2.05) is 13.1 Å². The van der Waals surface area contributed by atoms with Crippen molar-refractivity contribution in [2.24, 2.45) is 27.2 Å². The van der Waals surface area contributed by atoms with Crippen LogP contribution in [-0.4, -0.2) is 23.4 Å². The van der Waals surface area contributed by atoms with E-state index >= 15 is 0 Å². The quantitative estimate of drug-likeness (QED) is 0.494. The van der Waals surface area contributed by atoms with Gasteiger partial charge >= 0.3 is 0 Å². The molecule has 0 amide bonds. The third-order valence-corrected chi connectivity index (χ3v) is 2.98. The molecule has 0 aliphatic carbocycles. The minimum absolute atomic E-state index is 0.0442. The summed E-state index contributed by atoms with van der Waals surface area (Å²) in [6.07, 6.45) is 1.85. The van der Waals surface area contributed by atoms with Crippen molar-refractivity contribution in [2.75, 3.05) is 6.54 Å². The van der Waals surface area contributed by atoms with Crippen molar-refractivity contribution in [1.29, 1.82) is 0 Å². The number of H-pyrrole nitrogens is 1. The van der Waals surface area contributed by atoms with E-state index < -0.39 is 0 Å². The van der Waals surface area contributed by atoms with E-state index in [1.54, 1.807) is 6.07 Å². The fraction of sp³-hybridized carbons (Fsp3) is 0.231. The Labute approximate surface area is 115 Å². The smallest absolute Gasteiger partial charge is 0.218 e. The van der Waals surface area contributed by atoms with E-state index in [-0.39, 0.29) is 23.7 Å². The molecule has 6 nitrogen and oxygen atoms in total. The molecule has 7 N–H and O–H groups in total. The Morgan fingerprint density at radius 1 is 1.35 bits per heavy atom. The van der Waals surface area contributed by atoms with Gasteiger partial charge in [0.15, 0.2) is 5.96 Å². The zero-order valence-electron chi connectivity index (χ0n) is 11.1. The normalized spacial score (nSPS) is 13.4. The Hall–Kier alpha value is -2.57. The van der Waals surface area contributed by atoms with Gasteiger partial charge in [0.05, 0.1) is 0 Å². The van der Waals surface area contributed by atoms with Crippen molar-refractivity contribution < 1.29 is 4.39 Å². The molecule has 1 atom stereocenters. The van der Waals surface area contributed by atoms with Crippen LogP contribution in [0, 0.1) is 5.82 Å². The number of hydrogen-bond donors (Lipinski definition) is 4. The first-order valence-corrected chi connectivity index (χ1v) is 6.13. The van der Waals surface area contributed by atoms with Crippen LogP contribution in [0.15, 0.2) is 34.4 Å². The lowest BCUT2D eigenvalue weighted by Gasteiger charge is -2.07. The Morgan fingerprint density at radius 2 is 2.10 bits per heavy atom. The number of guanidine groups is 2. The molecule has 0 saturated heterocycles. The Bertz CT molecular complexity index is 669. The van der Waals surface area contributed by atoms with Gasteiger partial charge in [-0.25, -0.2) is 4.39 Å². The fourth-order valence-electron chi connectivity index (χ4n) is 2.03. The molecule has 0 fully saturated rings. The molecular weight excluding hydrogens is 259 g/mol. The molecule has 0 aliphatic rings. The zero-order chi connectivity index (χ0) is 14.7. The number of rotatable bonds is 3. The standard InChI is InChI=1S/C13H17FN6/c1-7(5-19-13(17)20-12(15)16)10-6-18-11-4-8(14)2-3-9(10)11/h2-4,6-7,18H,5H2,1H3,(H6,15,16,17,19,20). The van der Waals surface area contributed by atoms with E-state index in [4.69, 9.17) is 17.2 Å². The summed E-state index contributed by atoms with van der Waals surface area (Å²) in [5, 5.41) is 0.967. The van der Waals surface area contributed by atoms with E-state index in [0.29, 0.717) is 6.54 Å². The maximum Gasteiger partial charge on any atom is 0.218 e. The molecule has 1 unspecified atom stereocenters. The van der Waals surface area contributed by atoms with Crippen LogP contribution in [0.1, 0.15) is 18.4 Å². The zero-order valence-corrected chi connectivity index (χ0v) is 11.1. The summed E-state index contributed by atoms with van der Waals surface area (Å²) in [4.78, 5) is 10.8. The molecule has 20 heavy (non-hydrogen) atoms. The van der Waals surface area contributed by atoms with E-state index in [1.165, 1.54) is 12.1 Å². The molecule has 106 valence electrons. The fourth-order valence-corrected chi connectivity index (χ4v) is 2.03. The molecule has 2 rings (SSSR count). The molecule has 0 radical (unpaired) electrons. The Balaban J connectivity index is 2.20. The molecular formula is C13H17FN6. The van der Waals surface area contributed by atoms with Gasteiger partial charge in [0.2, 0.25) is 5.96 Å². The maximum atomic E-state index is 13.1. The number of nitrogens with one attached hydrogen (secondary N) is 1. The number of aromatic amines is 1. The molecule has 7 heteroatoms. The Kier molecular flexibility index (Phi) is 3.88. The van der Waals surface area contributed by atoms with Crippen LogP contribution in [0.2, 0.25) is 0 Å². The molecule has 0 saturated carbocycles. The number of benzene rings is 1. The van der Waals surface area contributed by atoms with Gasteiger partial charge in [-0.2, -0.15) is 4.99 Å². The largest absolute Gasteiger partial charge is 0.370 e. The highest BCUT2D eigenvalue weighted by Gasteiger charge is 2.11. The summed E-state index contributed by atoms with van der Waals surface area (Å²) >= 11 is 0. The SMILES string of the molecule is CC(CN=C(N)N=C(N)N)c1c[nH]c2cc(F)ccc12. The third kappa shape index (κ3) is 3.05. The highest BCUT2D eigenvalue weighted by molar-refractivity contribution is 5.92. The summed E-state index contributed by atoms with van der Waals surface area (Å²) in [5.41, 5.74) is 17.8. The minimum Gasteiger partial charge on any atom is -0.370 e. The predicted octanol–water partition coefficient (Wildman–Crippen LogP) is 0.999. The number of fused-ring (bicyclic) bond motifs is 1. The highest BCUT2D eigenvalue weighted by atomic mass is 19.1. The minimum atomic E-state index is -0.270. The van der Waals surface area contributed by atoms with Crippen molar-refractivity contribution in [3.8, 4) is 0 Å². The van der Waals surface area contributed by atoms with E-state index in [9.17, 15) is 4.39 Å². The van der Waals surface area contributed by atoms with Crippen LogP contribution in [-0.2, 0) is 0 Å². The topological polar surface area (TPSA) is 119 Å². The summed E-state index contributed by atoms with van der Waals surface area (Å²) < 4.78 is 13.1. The van der Waals surface area contributed by atoms with Crippen LogP contribution < -0.4 is 17.2 Å². The van der Waals surface area contributed by atoms with Gasteiger partial charge in [0, 0.05) is 29.6 Å². The first-order valence-electron chi connectivity index (χ1n) is 6.13. The van der Waals surface area contributed by atoms with Crippen molar-refractivity contribution in [2.45, 2.75) is 12.8 Å². The average Bonchev–Trinajstić information content (AvgIpc) is 2.78. The van der Waals surface area contributed by atoms with E-state index in [0.717, 1.165) is 16.5 Å². The molecule has 0 bridgehead atoms. The first-order chi connectivity index (χ1) is 9.47. The van der Waals surface area contributed by atoms with Gasteiger partial charge in [-0.15, -0.1) is 0 Å². The predicted molar refractivity (Wildman–Crippen MR) is 79.0 cm³/mol. The number of halogens is 1. The van der Waals surface area contributed by atoms with Gasteiger partial charge in [-0.1, -0.05) is 6.92 Å². The van der Waals surface area contributed by atoms with Crippen LogP contribution >= 0.6 is 0 Å². The van der Waals surface area contributed by atoms with Crippen LogP contribution in [0.25, 0.3) is 10.9 Å². The molecule has 0 aliphatic heterocycles. The molecule has 0 spiro atoms. The summed E-state index contributed by atoms with van der Waals surface area (Å²) in [7, 11) is 0. The average molecular weight is 276 g/mol. The second-order valence-corrected chi connectivity index (χ2v) is 4.57. The van der Waals surface area contributed by atoms with Crippen molar-refractivity contribution >= 4 is 22.8 Å². The number of nitrogens with zero attached hydrogens (tertiary/aromatic N) is 2. The van der Waals surface area contributed by atoms with Crippen LogP contribution in [0.5, 0.6) is 0 Å². The molecule has 2 aromatic rings. The third-order valence-electron chi connectivity index (χ3n) is 2.98. The molecule has 1 aromatic carbocycles. The number of aliphatic imine (C=N–C) groups is 2. The molecule has 1 heterocycles. The second kappa shape index (κ2) is 5.60. The number of hydrogen-bond acceptors (Lipinski definition) is 1. The molecule has 1 aromatic heterocycles. The van der Waals surface area contributed by atoms with Crippen LogP contribution in [0.4, 0.5) is 4.39 Å². The summed E-state index contributed by atoms with van der Waals surface area (Å²) in [6.45, 7) is 2.44. The van der Waals surface area contributed by atoms with Crippen LogP contribution in [0.3, 0.4) is 0 Å². The first kappa shape index (κ1) is 13.9. The van der Waals surface area contributed by atoms with Gasteiger partial charge in [-0.05, 0) is 23.8 Å². The second-order valence-electron chi connectivity index (χ2n) is 4.57. The van der Waals surface area contributed by atoms with Gasteiger partial charge in [0.1, 0.15) is 5.82 Å². The van der Waals surface area contributed by atoms with Gasteiger partial charge in [0.25, 0.3) is 0 Å². The van der Waals surface area contributed by atoms with Crippen molar-refractivity contribution in [3.63, 3.8) is 0 Å². The summed E-state index contributed by atoms with van der Waals surface area (Å²) in [5.74, 6) is -0.250. The lowest BCUT2D eigenvalue weighted by molar-refractivity contribution is 0.629. The van der Waals surface area contributed by atoms with Crippen molar-refractivity contribution in [1.82, 2.24) is 4.98 Å². The number of aromatic nitrogens is 1. The number of nitrogens with two attached hydrogens (primary N) is 3. The monoisotopic (exact) mass is 276 g/mol. The lowest BCUT2D eigenvalue weighted by atomic mass is 10.0. The van der Waals surface area contributed by atoms with Gasteiger partial charge in [-0.3, -0.25) is 4.99 Å². The highest BCUT2D eigenvalue weighted by Crippen LogP contribution is 2.26. The lowest BCUT2D eigenvalue weighted by Crippen LogP contribution is -2.26. The maximum absolute atomic E-state index is 13.1. The summed E-state index contributed by atoms with van der Waals surface area (Å²) in [6, 6.07) is 4.64. The van der Waals surface area contributed by atoms with Crippen molar-refractivity contribution in [3.05, 3.63) is 35.8 Å². The van der Waals surface area contributed by atoms with Gasteiger partial charge < -0.3 is 22.2 Å². The van der Waals surface area contributed by atoms with E-state index in [2.05, 4.69) is 15.0 Å².